The van der Waals surface area contributed by atoms with Crippen LogP contribution in [-0.2, 0) is 5.41 Å². The van der Waals surface area contributed by atoms with E-state index in [9.17, 15) is 0 Å². The molecule has 1 aliphatic rings. The third-order valence-electron chi connectivity index (χ3n) is 4.05. The molecule has 0 spiro atoms. The number of hydrogen-bond donors (Lipinski definition) is 1. The number of piperidine rings is 1. The molecule has 0 saturated carbocycles. The molecule has 1 saturated heterocycles. The van der Waals surface area contributed by atoms with Crippen LogP contribution >= 0.6 is 12.4 Å². The van der Waals surface area contributed by atoms with Crippen molar-refractivity contribution in [3.63, 3.8) is 0 Å². The van der Waals surface area contributed by atoms with Crippen molar-refractivity contribution in [2.75, 3.05) is 18.0 Å². The molecule has 2 aromatic rings. The number of oxazole rings is 1. The van der Waals surface area contributed by atoms with Crippen LogP contribution in [0.5, 0.6) is 0 Å². The van der Waals surface area contributed by atoms with Gasteiger partial charge in [0.2, 0.25) is 0 Å². The minimum Gasteiger partial charge on any atom is -0.423 e. The number of rotatable bonds is 1. The maximum atomic E-state index is 5.94. The number of halogens is 1. The van der Waals surface area contributed by atoms with Gasteiger partial charge in [0, 0.05) is 19.1 Å². The molecule has 2 N–H and O–H groups in total. The first kappa shape index (κ1) is 16.1. The standard InChI is InChI=1S/C16H23N3O.ClH/c1-16(2,3)11-4-5-14-13(10-11)18-15(20-14)19-8-6-12(17)7-9-19;/h4-5,10,12H,6-9,17H2,1-3H3;1H. The van der Waals surface area contributed by atoms with Gasteiger partial charge in [-0.25, -0.2) is 0 Å². The van der Waals surface area contributed by atoms with Crippen molar-refractivity contribution < 1.29 is 4.42 Å². The number of nitrogens with two attached hydrogens (primary N) is 1. The van der Waals surface area contributed by atoms with Gasteiger partial charge in [0.1, 0.15) is 5.52 Å². The van der Waals surface area contributed by atoms with Gasteiger partial charge in [-0.1, -0.05) is 26.8 Å². The van der Waals surface area contributed by atoms with Crippen LogP contribution in [0.3, 0.4) is 0 Å². The average Bonchev–Trinajstić information content (AvgIpc) is 2.81. The van der Waals surface area contributed by atoms with Crippen LogP contribution in [0, 0.1) is 0 Å². The predicted octanol–water partition coefficient (Wildman–Crippen LogP) is 3.47. The van der Waals surface area contributed by atoms with E-state index in [0.717, 1.165) is 43.0 Å². The number of benzene rings is 1. The van der Waals surface area contributed by atoms with Crippen molar-refractivity contribution >= 4 is 29.5 Å². The van der Waals surface area contributed by atoms with E-state index in [1.165, 1.54) is 5.56 Å². The van der Waals surface area contributed by atoms with Crippen molar-refractivity contribution in [3.8, 4) is 0 Å². The summed E-state index contributed by atoms with van der Waals surface area (Å²) in [7, 11) is 0. The molecule has 2 heterocycles. The van der Waals surface area contributed by atoms with E-state index in [4.69, 9.17) is 10.2 Å². The Morgan fingerprint density at radius 1 is 1.24 bits per heavy atom. The highest BCUT2D eigenvalue weighted by Crippen LogP contribution is 2.29. The number of hydrogen-bond acceptors (Lipinski definition) is 4. The Morgan fingerprint density at radius 2 is 1.90 bits per heavy atom. The van der Waals surface area contributed by atoms with E-state index < -0.39 is 0 Å². The summed E-state index contributed by atoms with van der Waals surface area (Å²) in [5, 5.41) is 0. The molecule has 0 atom stereocenters. The molecule has 0 radical (unpaired) electrons. The van der Waals surface area contributed by atoms with Gasteiger partial charge >= 0.3 is 0 Å². The van der Waals surface area contributed by atoms with Gasteiger partial charge in [-0.15, -0.1) is 12.4 Å². The van der Waals surface area contributed by atoms with Crippen molar-refractivity contribution in [2.45, 2.75) is 45.1 Å². The van der Waals surface area contributed by atoms with Gasteiger partial charge in [-0.2, -0.15) is 4.98 Å². The lowest BCUT2D eigenvalue weighted by molar-refractivity contribution is 0.466. The second-order valence-electron chi connectivity index (χ2n) is 6.75. The summed E-state index contributed by atoms with van der Waals surface area (Å²) < 4.78 is 5.88. The summed E-state index contributed by atoms with van der Waals surface area (Å²) >= 11 is 0. The number of fused-ring (bicyclic) bond motifs is 1. The lowest BCUT2D eigenvalue weighted by atomic mass is 9.87. The van der Waals surface area contributed by atoms with Crippen molar-refractivity contribution in [2.24, 2.45) is 5.73 Å². The summed E-state index contributed by atoms with van der Waals surface area (Å²) in [6.45, 7) is 8.49. The highest BCUT2D eigenvalue weighted by Gasteiger charge is 2.21. The van der Waals surface area contributed by atoms with Crippen LogP contribution in [0.1, 0.15) is 39.2 Å². The summed E-state index contributed by atoms with van der Waals surface area (Å²) in [4.78, 5) is 6.85. The first-order valence-electron chi connectivity index (χ1n) is 7.35. The molecular weight excluding hydrogens is 286 g/mol. The lowest BCUT2D eigenvalue weighted by Gasteiger charge is -2.28. The molecule has 0 aliphatic carbocycles. The van der Waals surface area contributed by atoms with Gasteiger partial charge in [0.05, 0.1) is 0 Å². The first-order valence-corrected chi connectivity index (χ1v) is 7.35. The van der Waals surface area contributed by atoms with E-state index in [0.29, 0.717) is 6.04 Å². The maximum Gasteiger partial charge on any atom is 0.298 e. The second-order valence-corrected chi connectivity index (χ2v) is 6.75. The zero-order chi connectivity index (χ0) is 14.3. The Kier molecular flexibility index (Phi) is 4.49. The molecule has 1 aromatic carbocycles. The van der Waals surface area contributed by atoms with E-state index in [2.05, 4.69) is 42.8 Å². The van der Waals surface area contributed by atoms with Gasteiger partial charge in [0.25, 0.3) is 6.01 Å². The van der Waals surface area contributed by atoms with Crippen molar-refractivity contribution in [1.82, 2.24) is 4.98 Å². The Balaban J connectivity index is 0.00000161. The number of aromatic nitrogens is 1. The van der Waals surface area contributed by atoms with Crippen LogP contribution < -0.4 is 10.6 Å². The SMILES string of the molecule is CC(C)(C)c1ccc2oc(N3CCC(N)CC3)nc2c1.Cl. The smallest absolute Gasteiger partial charge is 0.298 e. The second kappa shape index (κ2) is 5.85. The van der Waals surface area contributed by atoms with Crippen molar-refractivity contribution in [1.29, 1.82) is 0 Å². The molecule has 1 aromatic heterocycles. The van der Waals surface area contributed by atoms with Gasteiger partial charge in [-0.3, -0.25) is 0 Å². The maximum absolute atomic E-state index is 5.94. The molecule has 5 heteroatoms. The molecule has 116 valence electrons. The Morgan fingerprint density at radius 3 is 2.52 bits per heavy atom. The molecule has 1 fully saturated rings. The summed E-state index contributed by atoms with van der Waals surface area (Å²) in [6, 6.07) is 7.35. The zero-order valence-electron chi connectivity index (χ0n) is 12.9. The van der Waals surface area contributed by atoms with Crippen LogP contribution in [0.25, 0.3) is 11.1 Å². The fourth-order valence-corrected chi connectivity index (χ4v) is 2.61. The van der Waals surface area contributed by atoms with Crippen LogP contribution in [0.2, 0.25) is 0 Å². The third kappa shape index (κ3) is 3.33. The monoisotopic (exact) mass is 309 g/mol. The predicted molar refractivity (Wildman–Crippen MR) is 89.4 cm³/mol. The minimum atomic E-state index is 0. The van der Waals surface area contributed by atoms with E-state index in [1.807, 2.05) is 6.07 Å². The van der Waals surface area contributed by atoms with Gasteiger partial charge < -0.3 is 15.1 Å². The lowest BCUT2D eigenvalue weighted by Crippen LogP contribution is -2.39. The van der Waals surface area contributed by atoms with Crippen molar-refractivity contribution in [3.05, 3.63) is 23.8 Å². The molecule has 0 unspecified atom stereocenters. The van der Waals surface area contributed by atoms with E-state index in [1.54, 1.807) is 0 Å². The van der Waals surface area contributed by atoms with Crippen LogP contribution in [0.4, 0.5) is 6.01 Å². The van der Waals surface area contributed by atoms with E-state index in [-0.39, 0.29) is 17.8 Å². The quantitative estimate of drug-likeness (QED) is 0.876. The molecule has 21 heavy (non-hydrogen) atoms. The summed E-state index contributed by atoms with van der Waals surface area (Å²) in [5.41, 5.74) is 9.16. The number of nitrogens with zero attached hydrogens (tertiary/aromatic N) is 2. The molecule has 1 aliphatic heterocycles. The highest BCUT2D eigenvalue weighted by molar-refractivity contribution is 5.85. The summed E-state index contributed by atoms with van der Waals surface area (Å²) in [5.74, 6) is 0. The normalized spacial score (nSPS) is 17.0. The fourth-order valence-electron chi connectivity index (χ4n) is 2.61. The fraction of sp³-hybridized carbons (Fsp3) is 0.562. The van der Waals surface area contributed by atoms with Crippen LogP contribution in [-0.4, -0.2) is 24.1 Å². The Bertz CT molecular complexity index is 609. The summed E-state index contributed by atoms with van der Waals surface area (Å²) in [6.07, 6.45) is 2.01. The molecule has 3 rings (SSSR count). The Labute approximate surface area is 132 Å². The zero-order valence-corrected chi connectivity index (χ0v) is 13.7. The van der Waals surface area contributed by atoms with E-state index >= 15 is 0 Å². The Hall–Kier alpha value is -1.26. The van der Waals surface area contributed by atoms with Gasteiger partial charge in [-0.05, 0) is 36.0 Å². The topological polar surface area (TPSA) is 55.3 Å². The first-order chi connectivity index (χ1) is 9.43. The molecular formula is C16H24ClN3O. The molecule has 4 nitrogen and oxygen atoms in total. The molecule has 0 bridgehead atoms. The van der Waals surface area contributed by atoms with Crippen LogP contribution in [0.15, 0.2) is 22.6 Å². The van der Waals surface area contributed by atoms with Gasteiger partial charge in [0.15, 0.2) is 5.58 Å². The molecule has 0 amide bonds. The highest BCUT2D eigenvalue weighted by atomic mass is 35.5. The average molecular weight is 310 g/mol. The minimum absolute atomic E-state index is 0. The number of anilines is 1. The third-order valence-corrected chi connectivity index (χ3v) is 4.05. The largest absolute Gasteiger partial charge is 0.423 e.